The van der Waals surface area contributed by atoms with Crippen LogP contribution in [-0.2, 0) is 4.74 Å². The maximum atomic E-state index is 12.9. The summed E-state index contributed by atoms with van der Waals surface area (Å²) in [5.74, 6) is 0.539. The van der Waals surface area contributed by atoms with Gasteiger partial charge in [0.1, 0.15) is 5.69 Å². The minimum atomic E-state index is -4.49. The summed E-state index contributed by atoms with van der Waals surface area (Å²) in [6.07, 6.45) is 2.09. The molecule has 0 atom stereocenters. The number of nitrogens with one attached hydrogen (secondary N) is 1. The molecule has 1 N–H and O–H groups in total. The zero-order valence-electron chi connectivity index (χ0n) is 16.0. The summed E-state index contributed by atoms with van der Waals surface area (Å²) in [6, 6.07) is 5.00. The summed E-state index contributed by atoms with van der Waals surface area (Å²) in [5.41, 5.74) is 2.52. The zero-order valence-corrected chi connectivity index (χ0v) is 16.0. The van der Waals surface area contributed by atoms with E-state index < -0.39 is 12.8 Å². The van der Waals surface area contributed by atoms with Gasteiger partial charge in [-0.1, -0.05) is 18.2 Å². The van der Waals surface area contributed by atoms with Crippen LogP contribution >= 0.6 is 0 Å². The van der Waals surface area contributed by atoms with Gasteiger partial charge < -0.3 is 14.8 Å². The molecule has 2 aliphatic rings. The van der Waals surface area contributed by atoms with Crippen LogP contribution in [0.25, 0.3) is 5.57 Å². The largest absolute Gasteiger partial charge is 0.481 e. The Balaban J connectivity index is 1.69. The van der Waals surface area contributed by atoms with E-state index in [1.807, 2.05) is 6.08 Å². The van der Waals surface area contributed by atoms with Crippen molar-refractivity contribution < 1.29 is 27.4 Å². The molecule has 1 aliphatic carbocycles. The fourth-order valence-corrected chi connectivity index (χ4v) is 3.27. The Labute approximate surface area is 171 Å². The van der Waals surface area contributed by atoms with Crippen molar-refractivity contribution in [3.8, 4) is 5.75 Å². The number of hydrogen-bond acceptors (Lipinski definition) is 6. The maximum absolute atomic E-state index is 12.9. The summed E-state index contributed by atoms with van der Waals surface area (Å²) in [4.78, 5) is 20.1. The van der Waals surface area contributed by atoms with E-state index in [1.165, 1.54) is 0 Å². The van der Waals surface area contributed by atoms with Crippen molar-refractivity contribution in [2.45, 2.75) is 31.4 Å². The van der Waals surface area contributed by atoms with E-state index in [0.29, 0.717) is 37.4 Å². The molecule has 0 unspecified atom stereocenters. The monoisotopic (exact) mass is 419 g/mol. The van der Waals surface area contributed by atoms with Crippen molar-refractivity contribution in [3.63, 3.8) is 0 Å². The van der Waals surface area contributed by atoms with Crippen molar-refractivity contribution in [3.05, 3.63) is 47.4 Å². The van der Waals surface area contributed by atoms with Gasteiger partial charge in [0, 0.05) is 11.5 Å². The van der Waals surface area contributed by atoms with E-state index in [0.717, 1.165) is 24.1 Å². The predicted molar refractivity (Wildman–Crippen MR) is 104 cm³/mol. The highest BCUT2D eigenvalue weighted by molar-refractivity contribution is 5.84. The molecule has 2 heterocycles. The van der Waals surface area contributed by atoms with Crippen LogP contribution < -0.4 is 10.1 Å². The third-order valence-electron chi connectivity index (χ3n) is 4.88. The Morgan fingerprint density at radius 1 is 1.30 bits per heavy atom. The van der Waals surface area contributed by atoms with Gasteiger partial charge in [-0.05, 0) is 30.9 Å². The molecule has 1 fully saturated rings. The average Bonchev–Trinajstić information content (AvgIpc) is 3.58. The first-order valence-corrected chi connectivity index (χ1v) is 9.63. The predicted octanol–water partition coefficient (Wildman–Crippen LogP) is 4.65. The number of ether oxygens (including phenoxy) is 2. The Morgan fingerprint density at radius 3 is 2.80 bits per heavy atom. The average molecular weight is 419 g/mol. The zero-order chi connectivity index (χ0) is 21.1. The van der Waals surface area contributed by atoms with Crippen LogP contribution in [-0.4, -0.2) is 42.3 Å². The number of benzene rings is 1. The molecular formula is C21H20F3N3O3. The summed E-state index contributed by atoms with van der Waals surface area (Å²) in [6.45, 7) is -0.573. The van der Waals surface area contributed by atoms with Gasteiger partial charge in [0.15, 0.2) is 24.5 Å². The number of aldehydes is 1. The second-order valence-corrected chi connectivity index (χ2v) is 7.19. The minimum absolute atomic E-state index is 0.0490. The molecule has 1 aromatic heterocycles. The van der Waals surface area contributed by atoms with Crippen LogP contribution in [0, 0.1) is 0 Å². The van der Waals surface area contributed by atoms with Gasteiger partial charge in [-0.15, -0.1) is 0 Å². The van der Waals surface area contributed by atoms with Crippen LogP contribution in [0.2, 0.25) is 0 Å². The van der Waals surface area contributed by atoms with Gasteiger partial charge in [0.2, 0.25) is 0 Å². The molecule has 4 rings (SSSR count). The molecule has 0 radical (unpaired) electrons. The highest BCUT2D eigenvalue weighted by atomic mass is 19.4. The first kappa shape index (κ1) is 20.3. The number of rotatable bonds is 7. The van der Waals surface area contributed by atoms with Crippen LogP contribution in [0.3, 0.4) is 0 Å². The van der Waals surface area contributed by atoms with Gasteiger partial charge in [0.25, 0.3) is 0 Å². The molecule has 0 spiro atoms. The normalized spacial score (nSPS) is 16.7. The lowest BCUT2D eigenvalue weighted by Crippen LogP contribution is -2.20. The molecule has 9 heteroatoms. The molecule has 0 amide bonds. The molecule has 0 saturated heterocycles. The van der Waals surface area contributed by atoms with E-state index in [2.05, 4.69) is 15.3 Å². The highest BCUT2D eigenvalue weighted by Gasteiger charge is 2.30. The number of carbonyl (C=O) groups excluding carboxylic acids is 1. The van der Waals surface area contributed by atoms with Crippen molar-refractivity contribution in [1.29, 1.82) is 0 Å². The van der Waals surface area contributed by atoms with Gasteiger partial charge in [0.05, 0.1) is 30.8 Å². The van der Waals surface area contributed by atoms with Crippen LogP contribution in [0.15, 0.2) is 30.5 Å². The first-order chi connectivity index (χ1) is 14.4. The molecular weight excluding hydrogens is 399 g/mol. The number of anilines is 2. The van der Waals surface area contributed by atoms with E-state index in [4.69, 9.17) is 9.47 Å². The molecule has 1 saturated carbocycles. The van der Waals surface area contributed by atoms with E-state index in [1.54, 1.807) is 24.4 Å². The first-order valence-electron chi connectivity index (χ1n) is 9.63. The maximum Gasteiger partial charge on any atom is 0.422 e. The molecule has 1 aromatic carbocycles. The van der Waals surface area contributed by atoms with E-state index in [-0.39, 0.29) is 22.9 Å². The number of hydrogen-bond donors (Lipinski definition) is 1. The third-order valence-corrected chi connectivity index (χ3v) is 4.88. The van der Waals surface area contributed by atoms with Gasteiger partial charge in [-0.2, -0.15) is 13.2 Å². The molecule has 1 aliphatic heterocycles. The lowest BCUT2D eigenvalue weighted by atomic mass is 9.99. The number of nitrogens with zero attached hydrogens (tertiary/aromatic N) is 2. The molecule has 0 bridgehead atoms. The lowest BCUT2D eigenvalue weighted by molar-refractivity contribution is -0.153. The Kier molecular flexibility index (Phi) is 5.72. The van der Waals surface area contributed by atoms with Gasteiger partial charge in [-0.25, -0.2) is 9.97 Å². The minimum Gasteiger partial charge on any atom is -0.481 e. The second-order valence-electron chi connectivity index (χ2n) is 7.19. The lowest BCUT2D eigenvalue weighted by Gasteiger charge is -2.21. The topological polar surface area (TPSA) is 73.3 Å². The molecule has 30 heavy (non-hydrogen) atoms. The Morgan fingerprint density at radius 2 is 2.13 bits per heavy atom. The smallest absolute Gasteiger partial charge is 0.422 e. The van der Waals surface area contributed by atoms with E-state index in [9.17, 15) is 18.0 Å². The standard InChI is InChI=1S/C21H20F3N3O3/c22-21(23,24)12-30-19-15(13-6-8-29-9-7-13)2-1-3-16(19)27-20-18(11-28)26-17(10-25-20)14-4-5-14/h1-3,6,10-11,14H,4-5,7-9,12H2,(H,25,27). The SMILES string of the molecule is O=Cc1nc(C2CC2)cnc1Nc1cccc(C2=CCOCC2)c1OCC(F)(F)F. The van der Waals surface area contributed by atoms with Crippen molar-refractivity contribution in [1.82, 2.24) is 9.97 Å². The fraction of sp³-hybridized carbons (Fsp3) is 0.381. The van der Waals surface area contributed by atoms with Gasteiger partial charge in [-0.3, -0.25) is 4.79 Å². The van der Waals surface area contributed by atoms with Gasteiger partial charge >= 0.3 is 6.18 Å². The van der Waals surface area contributed by atoms with Crippen LogP contribution in [0.5, 0.6) is 5.75 Å². The van der Waals surface area contributed by atoms with Crippen molar-refractivity contribution in [2.75, 3.05) is 25.1 Å². The van der Waals surface area contributed by atoms with Crippen molar-refractivity contribution in [2.24, 2.45) is 0 Å². The van der Waals surface area contributed by atoms with Crippen LogP contribution in [0.1, 0.15) is 46.9 Å². The van der Waals surface area contributed by atoms with Crippen molar-refractivity contribution >= 4 is 23.4 Å². The Hall–Kier alpha value is -2.94. The molecule has 6 nitrogen and oxygen atoms in total. The third kappa shape index (κ3) is 4.79. The second kappa shape index (κ2) is 8.43. The number of halogens is 3. The fourth-order valence-electron chi connectivity index (χ4n) is 3.27. The quantitative estimate of drug-likeness (QED) is 0.659. The summed E-state index contributed by atoms with van der Waals surface area (Å²) < 4.78 is 49.1. The Bertz CT molecular complexity index is 972. The number of alkyl halides is 3. The summed E-state index contributed by atoms with van der Waals surface area (Å²) in [7, 11) is 0. The van der Waals surface area contributed by atoms with E-state index >= 15 is 0 Å². The summed E-state index contributed by atoms with van der Waals surface area (Å²) in [5, 5.41) is 2.94. The molecule has 2 aromatic rings. The number of carbonyl (C=O) groups is 1. The molecule has 158 valence electrons. The summed E-state index contributed by atoms with van der Waals surface area (Å²) >= 11 is 0. The number of para-hydroxylation sites is 1. The number of aromatic nitrogens is 2. The van der Waals surface area contributed by atoms with Crippen LogP contribution in [0.4, 0.5) is 24.7 Å². The highest BCUT2D eigenvalue weighted by Crippen LogP contribution is 2.40.